The number of piperazine rings is 1. The van der Waals surface area contributed by atoms with E-state index in [1.807, 2.05) is 0 Å². The van der Waals surface area contributed by atoms with Gasteiger partial charge in [-0.1, -0.05) is 20.8 Å². The summed E-state index contributed by atoms with van der Waals surface area (Å²) in [6, 6.07) is -0.609. The van der Waals surface area contributed by atoms with Crippen molar-refractivity contribution >= 4 is 17.7 Å². The van der Waals surface area contributed by atoms with Crippen LogP contribution in [0.5, 0.6) is 0 Å². The molecule has 0 bridgehead atoms. The lowest BCUT2D eigenvalue weighted by Gasteiger charge is -2.30. The number of amides is 3. The molecule has 1 saturated heterocycles. The van der Waals surface area contributed by atoms with Crippen LogP contribution in [-0.4, -0.2) is 48.3 Å². The third-order valence-electron chi connectivity index (χ3n) is 2.75. The lowest BCUT2D eigenvalue weighted by molar-refractivity contribution is -0.141. The zero-order chi connectivity index (χ0) is 13.9. The second-order valence-electron chi connectivity index (χ2n) is 5.55. The molecular weight excluding hydrogens is 234 g/mol. The van der Waals surface area contributed by atoms with Crippen molar-refractivity contribution in [2.45, 2.75) is 33.7 Å². The van der Waals surface area contributed by atoms with Crippen LogP contribution in [0.2, 0.25) is 0 Å². The summed E-state index contributed by atoms with van der Waals surface area (Å²) in [4.78, 5) is 36.5. The first kappa shape index (κ1) is 14.5. The highest BCUT2D eigenvalue weighted by Gasteiger charge is 2.29. The Labute approximate surface area is 107 Å². The van der Waals surface area contributed by atoms with Gasteiger partial charge >= 0.3 is 0 Å². The van der Waals surface area contributed by atoms with Gasteiger partial charge in [-0.05, 0) is 6.92 Å². The predicted octanol–water partition coefficient (Wildman–Crippen LogP) is -0.504. The van der Waals surface area contributed by atoms with Gasteiger partial charge in [-0.15, -0.1) is 0 Å². The average Bonchev–Trinajstić information content (AvgIpc) is 2.26. The van der Waals surface area contributed by atoms with E-state index in [9.17, 15) is 14.4 Å². The van der Waals surface area contributed by atoms with E-state index in [-0.39, 0.29) is 24.3 Å². The highest BCUT2D eigenvalue weighted by molar-refractivity contribution is 5.92. The maximum absolute atomic E-state index is 12.0. The molecule has 1 aliphatic heterocycles. The molecule has 0 spiro atoms. The van der Waals surface area contributed by atoms with Gasteiger partial charge in [0.2, 0.25) is 17.7 Å². The van der Waals surface area contributed by atoms with Gasteiger partial charge in [0.1, 0.15) is 6.04 Å². The summed E-state index contributed by atoms with van der Waals surface area (Å²) < 4.78 is 0. The highest BCUT2D eigenvalue weighted by atomic mass is 16.2. The molecule has 0 aromatic carbocycles. The third-order valence-corrected chi connectivity index (χ3v) is 2.75. The fraction of sp³-hybridized carbons (Fsp3) is 0.750. The van der Waals surface area contributed by atoms with Crippen molar-refractivity contribution in [3.63, 3.8) is 0 Å². The van der Waals surface area contributed by atoms with Crippen LogP contribution in [0.3, 0.4) is 0 Å². The van der Waals surface area contributed by atoms with Crippen LogP contribution >= 0.6 is 0 Å². The van der Waals surface area contributed by atoms with Crippen LogP contribution in [-0.2, 0) is 14.4 Å². The molecule has 6 heteroatoms. The minimum atomic E-state index is -0.609. The van der Waals surface area contributed by atoms with E-state index in [4.69, 9.17) is 0 Å². The number of nitrogens with zero attached hydrogens (tertiary/aromatic N) is 1. The first-order chi connectivity index (χ1) is 8.21. The number of rotatable bonds is 2. The molecule has 3 amide bonds. The molecular formula is C12H21N3O3. The van der Waals surface area contributed by atoms with E-state index in [2.05, 4.69) is 10.6 Å². The van der Waals surface area contributed by atoms with Crippen molar-refractivity contribution in [2.75, 3.05) is 19.6 Å². The number of nitrogens with one attached hydrogen (secondary N) is 2. The van der Waals surface area contributed by atoms with Gasteiger partial charge in [0, 0.05) is 18.5 Å². The van der Waals surface area contributed by atoms with E-state index in [0.717, 1.165) is 0 Å². The monoisotopic (exact) mass is 255 g/mol. The van der Waals surface area contributed by atoms with Gasteiger partial charge in [0.15, 0.2) is 0 Å². The lowest BCUT2D eigenvalue weighted by atomic mass is 9.95. The Kier molecular flexibility index (Phi) is 4.32. The van der Waals surface area contributed by atoms with Gasteiger partial charge in [-0.2, -0.15) is 0 Å². The van der Waals surface area contributed by atoms with E-state index < -0.39 is 11.5 Å². The molecule has 1 atom stereocenters. The second-order valence-corrected chi connectivity index (χ2v) is 5.55. The summed E-state index contributed by atoms with van der Waals surface area (Å²) in [5.41, 5.74) is -0.534. The van der Waals surface area contributed by atoms with Crippen molar-refractivity contribution in [3.8, 4) is 0 Å². The summed E-state index contributed by atoms with van der Waals surface area (Å²) in [7, 11) is 0. The summed E-state index contributed by atoms with van der Waals surface area (Å²) >= 11 is 0. The fourth-order valence-electron chi connectivity index (χ4n) is 1.58. The summed E-state index contributed by atoms with van der Waals surface area (Å²) in [6.07, 6.45) is 0. The van der Waals surface area contributed by atoms with Gasteiger partial charge in [0.25, 0.3) is 0 Å². The zero-order valence-corrected chi connectivity index (χ0v) is 11.4. The molecule has 1 fully saturated rings. The molecule has 0 saturated carbocycles. The quantitative estimate of drug-likeness (QED) is 0.698. The zero-order valence-electron chi connectivity index (χ0n) is 11.4. The molecule has 1 unspecified atom stereocenters. The number of carbonyl (C=O) groups is 3. The van der Waals surface area contributed by atoms with Crippen LogP contribution in [0.25, 0.3) is 0 Å². The van der Waals surface area contributed by atoms with Crippen molar-refractivity contribution in [1.82, 2.24) is 15.5 Å². The Morgan fingerprint density at radius 1 is 1.39 bits per heavy atom. The molecule has 0 aromatic heterocycles. The minimum absolute atomic E-state index is 0.0640. The molecule has 18 heavy (non-hydrogen) atoms. The van der Waals surface area contributed by atoms with E-state index in [1.165, 1.54) is 4.90 Å². The van der Waals surface area contributed by atoms with Gasteiger partial charge < -0.3 is 15.5 Å². The number of hydrogen-bond donors (Lipinski definition) is 2. The van der Waals surface area contributed by atoms with Gasteiger partial charge in [0.05, 0.1) is 6.54 Å². The largest absolute Gasteiger partial charge is 0.353 e. The van der Waals surface area contributed by atoms with Crippen LogP contribution in [0, 0.1) is 5.41 Å². The second kappa shape index (κ2) is 5.37. The topological polar surface area (TPSA) is 78.5 Å². The molecule has 2 N–H and O–H groups in total. The smallest absolute Gasteiger partial charge is 0.245 e. The molecule has 1 rings (SSSR count). The predicted molar refractivity (Wildman–Crippen MR) is 66.6 cm³/mol. The first-order valence-electron chi connectivity index (χ1n) is 6.08. The molecule has 102 valence electrons. The summed E-state index contributed by atoms with van der Waals surface area (Å²) in [6.45, 7) is 8.01. The minimum Gasteiger partial charge on any atom is -0.353 e. The third kappa shape index (κ3) is 3.72. The Morgan fingerprint density at radius 2 is 2.00 bits per heavy atom. The van der Waals surface area contributed by atoms with E-state index in [0.29, 0.717) is 13.1 Å². The van der Waals surface area contributed by atoms with Crippen molar-refractivity contribution in [2.24, 2.45) is 5.41 Å². The van der Waals surface area contributed by atoms with E-state index >= 15 is 0 Å². The molecule has 0 aromatic rings. The highest BCUT2D eigenvalue weighted by Crippen LogP contribution is 2.13. The maximum atomic E-state index is 12.0. The standard InChI is InChI=1S/C12H21N3O3/c1-8(14-11(18)12(2,3)4)10(17)15-6-5-13-9(16)7-15/h8H,5-7H2,1-4H3,(H,13,16)(H,14,18). The van der Waals surface area contributed by atoms with Gasteiger partial charge in [-0.3, -0.25) is 14.4 Å². The number of carbonyl (C=O) groups excluding carboxylic acids is 3. The first-order valence-corrected chi connectivity index (χ1v) is 6.08. The Bertz CT molecular complexity index is 360. The lowest BCUT2D eigenvalue weighted by Crippen LogP contribution is -2.56. The average molecular weight is 255 g/mol. The Hall–Kier alpha value is -1.59. The normalized spacial score (nSPS) is 18.0. The van der Waals surface area contributed by atoms with Crippen LogP contribution < -0.4 is 10.6 Å². The van der Waals surface area contributed by atoms with Gasteiger partial charge in [-0.25, -0.2) is 0 Å². The molecule has 1 heterocycles. The fourth-order valence-corrected chi connectivity index (χ4v) is 1.58. The van der Waals surface area contributed by atoms with E-state index in [1.54, 1.807) is 27.7 Å². The summed E-state index contributed by atoms with van der Waals surface area (Å²) in [5, 5.41) is 5.32. The number of hydrogen-bond acceptors (Lipinski definition) is 3. The summed E-state index contributed by atoms with van der Waals surface area (Å²) in [5.74, 6) is -0.559. The van der Waals surface area contributed by atoms with Crippen LogP contribution in [0.15, 0.2) is 0 Å². The van der Waals surface area contributed by atoms with Crippen LogP contribution in [0.4, 0.5) is 0 Å². The molecule has 0 radical (unpaired) electrons. The Balaban J connectivity index is 2.56. The Morgan fingerprint density at radius 3 is 2.50 bits per heavy atom. The maximum Gasteiger partial charge on any atom is 0.245 e. The molecule has 0 aliphatic carbocycles. The van der Waals surface area contributed by atoms with Crippen molar-refractivity contribution in [1.29, 1.82) is 0 Å². The molecule has 6 nitrogen and oxygen atoms in total. The molecule has 1 aliphatic rings. The van der Waals surface area contributed by atoms with Crippen molar-refractivity contribution < 1.29 is 14.4 Å². The SMILES string of the molecule is CC(NC(=O)C(C)(C)C)C(=O)N1CCNC(=O)C1. The van der Waals surface area contributed by atoms with Crippen LogP contribution in [0.1, 0.15) is 27.7 Å². The van der Waals surface area contributed by atoms with Crippen molar-refractivity contribution in [3.05, 3.63) is 0 Å².